The van der Waals surface area contributed by atoms with Crippen molar-refractivity contribution in [3.8, 4) is 0 Å². The third-order valence-electron chi connectivity index (χ3n) is 4.25. The average molecular weight is 277 g/mol. The summed E-state index contributed by atoms with van der Waals surface area (Å²) in [6, 6.07) is 6.98. The van der Waals surface area contributed by atoms with Crippen LogP contribution in [0.4, 0.5) is 0 Å². The van der Waals surface area contributed by atoms with Crippen LogP contribution in [0.5, 0.6) is 0 Å². The van der Waals surface area contributed by atoms with Crippen LogP contribution in [0.25, 0.3) is 0 Å². The van der Waals surface area contributed by atoms with Crippen LogP contribution in [0.2, 0.25) is 0 Å². The Bertz CT molecular complexity index is 453. The molecule has 0 aromatic heterocycles. The van der Waals surface area contributed by atoms with Crippen LogP contribution in [0, 0.1) is 5.41 Å². The van der Waals surface area contributed by atoms with E-state index in [2.05, 4.69) is 5.32 Å². The first-order valence-electron chi connectivity index (χ1n) is 7.29. The Kier molecular flexibility index (Phi) is 5.15. The van der Waals surface area contributed by atoms with Gasteiger partial charge in [0.05, 0.1) is 5.56 Å². The molecule has 1 aliphatic rings. The summed E-state index contributed by atoms with van der Waals surface area (Å²) in [5.41, 5.74) is 1.30. The van der Waals surface area contributed by atoms with Crippen molar-refractivity contribution in [2.75, 3.05) is 13.2 Å². The molecule has 3 N–H and O–H groups in total. The topological polar surface area (TPSA) is 69.6 Å². The van der Waals surface area contributed by atoms with Crippen molar-refractivity contribution in [2.45, 2.75) is 38.6 Å². The van der Waals surface area contributed by atoms with Crippen LogP contribution in [0.1, 0.15) is 48.0 Å². The summed E-state index contributed by atoms with van der Waals surface area (Å²) in [6.45, 7) is 1.67. The van der Waals surface area contributed by atoms with Crippen molar-refractivity contribution in [1.82, 2.24) is 5.32 Å². The lowest BCUT2D eigenvalue weighted by atomic mass is 9.74. The summed E-state index contributed by atoms with van der Waals surface area (Å²) < 4.78 is 0. The standard InChI is InChI=1S/C16H23NO3/c18-12-16(7-2-1-3-8-16)11-17-10-13-5-4-6-14(9-13)15(19)20/h4-6,9,17-18H,1-3,7-8,10-12H2,(H,19,20). The van der Waals surface area contributed by atoms with Crippen molar-refractivity contribution in [3.05, 3.63) is 35.4 Å². The highest BCUT2D eigenvalue weighted by Gasteiger charge is 2.30. The molecule has 0 radical (unpaired) electrons. The summed E-state index contributed by atoms with van der Waals surface area (Å²) in [5, 5.41) is 22.0. The van der Waals surface area contributed by atoms with E-state index in [4.69, 9.17) is 5.11 Å². The molecule has 0 saturated heterocycles. The zero-order valence-electron chi connectivity index (χ0n) is 11.8. The number of rotatable bonds is 6. The van der Waals surface area contributed by atoms with Crippen LogP contribution >= 0.6 is 0 Å². The number of benzene rings is 1. The first-order valence-corrected chi connectivity index (χ1v) is 7.29. The van der Waals surface area contributed by atoms with E-state index in [1.807, 2.05) is 6.07 Å². The van der Waals surface area contributed by atoms with Gasteiger partial charge in [0.1, 0.15) is 0 Å². The van der Waals surface area contributed by atoms with E-state index >= 15 is 0 Å². The maximum atomic E-state index is 10.9. The second kappa shape index (κ2) is 6.86. The fraction of sp³-hybridized carbons (Fsp3) is 0.562. The van der Waals surface area contributed by atoms with Crippen molar-refractivity contribution >= 4 is 5.97 Å². The Morgan fingerprint density at radius 2 is 2.00 bits per heavy atom. The van der Waals surface area contributed by atoms with Crippen LogP contribution in [-0.2, 0) is 6.54 Å². The minimum absolute atomic E-state index is 0.0165. The number of carboxylic acids is 1. The Labute approximate surface area is 119 Å². The van der Waals surface area contributed by atoms with Gasteiger partial charge >= 0.3 is 5.97 Å². The molecule has 4 nitrogen and oxygen atoms in total. The van der Waals surface area contributed by atoms with Gasteiger partial charge in [-0.25, -0.2) is 4.79 Å². The fourth-order valence-electron chi connectivity index (χ4n) is 2.98. The van der Waals surface area contributed by atoms with Gasteiger partial charge in [0.2, 0.25) is 0 Å². The smallest absolute Gasteiger partial charge is 0.335 e. The monoisotopic (exact) mass is 277 g/mol. The first-order chi connectivity index (χ1) is 9.65. The van der Waals surface area contributed by atoms with Crippen molar-refractivity contribution in [3.63, 3.8) is 0 Å². The second-order valence-corrected chi connectivity index (χ2v) is 5.83. The van der Waals surface area contributed by atoms with Crippen molar-refractivity contribution in [2.24, 2.45) is 5.41 Å². The predicted molar refractivity (Wildman–Crippen MR) is 77.7 cm³/mol. The molecule has 0 bridgehead atoms. The van der Waals surface area contributed by atoms with Gasteiger partial charge in [-0.1, -0.05) is 31.4 Å². The van der Waals surface area contributed by atoms with E-state index in [0.29, 0.717) is 12.1 Å². The molecule has 1 aromatic rings. The summed E-state index contributed by atoms with van der Waals surface area (Å²) in [6.07, 6.45) is 5.80. The minimum Gasteiger partial charge on any atom is -0.478 e. The number of carbonyl (C=O) groups is 1. The Morgan fingerprint density at radius 1 is 1.25 bits per heavy atom. The SMILES string of the molecule is O=C(O)c1cccc(CNCC2(CO)CCCCC2)c1. The summed E-state index contributed by atoms with van der Waals surface area (Å²) in [5.74, 6) is -0.897. The molecule has 1 aliphatic carbocycles. The molecule has 0 amide bonds. The highest BCUT2D eigenvalue weighted by atomic mass is 16.4. The zero-order chi connectivity index (χ0) is 14.4. The third kappa shape index (κ3) is 3.81. The normalized spacial score (nSPS) is 17.9. The fourth-order valence-corrected chi connectivity index (χ4v) is 2.98. The van der Waals surface area contributed by atoms with Crippen LogP contribution in [0.15, 0.2) is 24.3 Å². The van der Waals surface area contributed by atoms with Crippen LogP contribution in [-0.4, -0.2) is 29.3 Å². The molecule has 2 rings (SSSR count). The molecule has 0 heterocycles. The second-order valence-electron chi connectivity index (χ2n) is 5.83. The molecule has 20 heavy (non-hydrogen) atoms. The van der Waals surface area contributed by atoms with Gasteiger partial charge in [0, 0.05) is 25.1 Å². The predicted octanol–water partition coefficient (Wildman–Crippen LogP) is 2.42. The maximum Gasteiger partial charge on any atom is 0.335 e. The van der Waals surface area contributed by atoms with Crippen LogP contribution in [0.3, 0.4) is 0 Å². The Balaban J connectivity index is 1.88. The number of hydrogen-bond acceptors (Lipinski definition) is 3. The third-order valence-corrected chi connectivity index (χ3v) is 4.25. The molecule has 0 atom stereocenters. The van der Waals surface area contributed by atoms with E-state index in [1.165, 1.54) is 19.3 Å². The van der Waals surface area contributed by atoms with E-state index in [9.17, 15) is 9.90 Å². The highest BCUT2D eigenvalue weighted by Crippen LogP contribution is 2.35. The number of aliphatic hydroxyl groups is 1. The number of aromatic carboxylic acids is 1. The minimum atomic E-state index is -0.897. The lowest BCUT2D eigenvalue weighted by Crippen LogP contribution is -2.38. The van der Waals surface area contributed by atoms with Crippen molar-refractivity contribution < 1.29 is 15.0 Å². The Hall–Kier alpha value is -1.39. The maximum absolute atomic E-state index is 10.9. The number of carboxylic acid groups (broad SMARTS) is 1. The van der Waals surface area contributed by atoms with Gasteiger partial charge < -0.3 is 15.5 Å². The molecular formula is C16H23NO3. The summed E-state index contributed by atoms with van der Waals surface area (Å²) in [7, 11) is 0. The first kappa shape index (κ1) is 15.0. The van der Waals surface area contributed by atoms with Gasteiger partial charge in [-0.15, -0.1) is 0 Å². The lowest BCUT2D eigenvalue weighted by molar-refractivity contribution is 0.0696. The van der Waals surface area contributed by atoms with E-state index in [-0.39, 0.29) is 12.0 Å². The highest BCUT2D eigenvalue weighted by molar-refractivity contribution is 5.87. The molecule has 110 valence electrons. The number of nitrogens with one attached hydrogen (secondary N) is 1. The number of hydrogen-bond donors (Lipinski definition) is 3. The summed E-state index contributed by atoms with van der Waals surface area (Å²) in [4.78, 5) is 10.9. The van der Waals surface area contributed by atoms with Gasteiger partial charge in [0.15, 0.2) is 0 Å². The van der Waals surface area contributed by atoms with E-state index in [0.717, 1.165) is 24.9 Å². The molecule has 0 aliphatic heterocycles. The number of aliphatic hydroxyl groups excluding tert-OH is 1. The lowest BCUT2D eigenvalue weighted by Gasteiger charge is -2.35. The molecule has 4 heteroatoms. The molecule has 1 aromatic carbocycles. The van der Waals surface area contributed by atoms with Gasteiger partial charge in [-0.2, -0.15) is 0 Å². The van der Waals surface area contributed by atoms with Crippen LogP contribution < -0.4 is 5.32 Å². The van der Waals surface area contributed by atoms with Gasteiger partial charge in [0.25, 0.3) is 0 Å². The van der Waals surface area contributed by atoms with Crippen molar-refractivity contribution in [1.29, 1.82) is 0 Å². The molecule has 1 saturated carbocycles. The van der Waals surface area contributed by atoms with Gasteiger partial charge in [-0.05, 0) is 30.5 Å². The zero-order valence-corrected chi connectivity index (χ0v) is 11.8. The Morgan fingerprint density at radius 3 is 2.65 bits per heavy atom. The quantitative estimate of drug-likeness (QED) is 0.747. The summed E-state index contributed by atoms with van der Waals surface area (Å²) >= 11 is 0. The average Bonchev–Trinajstić information content (AvgIpc) is 2.48. The molecule has 0 unspecified atom stereocenters. The van der Waals surface area contributed by atoms with E-state index < -0.39 is 5.97 Å². The molecule has 1 fully saturated rings. The molecule has 0 spiro atoms. The largest absolute Gasteiger partial charge is 0.478 e. The molecular weight excluding hydrogens is 254 g/mol. The van der Waals surface area contributed by atoms with Gasteiger partial charge in [-0.3, -0.25) is 0 Å². The van der Waals surface area contributed by atoms with E-state index in [1.54, 1.807) is 18.2 Å².